The Hall–Kier alpha value is -1.48. The lowest BCUT2D eigenvalue weighted by molar-refractivity contribution is -0.250. The molecule has 0 aromatic heterocycles. The lowest BCUT2D eigenvalue weighted by atomic mass is 10.1. The van der Waals surface area contributed by atoms with Gasteiger partial charge in [0.25, 0.3) is 10.1 Å². The van der Waals surface area contributed by atoms with Crippen molar-refractivity contribution in [3.05, 3.63) is 35.9 Å². The summed E-state index contributed by atoms with van der Waals surface area (Å²) in [7, 11) is -3.79. The monoisotopic (exact) mass is 314 g/mol. The minimum Gasteiger partial charge on any atom is -0.455 e. The molecule has 7 nitrogen and oxygen atoms in total. The Morgan fingerprint density at radius 3 is 2.62 bits per heavy atom. The molecule has 1 unspecified atom stereocenters. The molecule has 0 amide bonds. The molecule has 4 atom stereocenters. The number of hydrogen-bond donors (Lipinski definition) is 0. The number of carbonyl (C=O) groups is 1. The van der Waals surface area contributed by atoms with Crippen LogP contribution in [-0.4, -0.2) is 45.6 Å². The standard InChI is InChI=1S/C13H14O7S/c1-21(15,16)20-11-10-9(18-12(11)14)7-17-13(19-10)8-5-3-2-4-6-8/h2-6,9-11,13H,7H2,1H3/t9-,10+,11+,13?/m1/s1. The van der Waals surface area contributed by atoms with Crippen LogP contribution in [0, 0.1) is 0 Å². The topological polar surface area (TPSA) is 88.1 Å². The van der Waals surface area contributed by atoms with Crippen molar-refractivity contribution in [2.45, 2.75) is 24.6 Å². The van der Waals surface area contributed by atoms with Gasteiger partial charge in [0.15, 0.2) is 12.4 Å². The van der Waals surface area contributed by atoms with E-state index in [9.17, 15) is 13.2 Å². The zero-order valence-corrected chi connectivity index (χ0v) is 12.0. The molecule has 114 valence electrons. The molecule has 8 heteroatoms. The summed E-state index contributed by atoms with van der Waals surface area (Å²) in [5.74, 6) is -0.757. The second-order valence-electron chi connectivity index (χ2n) is 4.87. The summed E-state index contributed by atoms with van der Waals surface area (Å²) < 4.78 is 43.5. The van der Waals surface area contributed by atoms with Crippen LogP contribution in [0.4, 0.5) is 0 Å². The molecule has 1 aromatic rings. The number of carbonyl (C=O) groups excluding carboxylic acids is 1. The smallest absolute Gasteiger partial charge is 0.340 e. The SMILES string of the molecule is CS(=O)(=O)O[C@@H]1C(=O)O[C@@H]2COC(c3ccccc3)O[C@H]12. The van der Waals surface area contributed by atoms with E-state index in [1.807, 2.05) is 30.3 Å². The highest BCUT2D eigenvalue weighted by atomic mass is 32.2. The van der Waals surface area contributed by atoms with Crippen LogP contribution in [-0.2, 0) is 33.3 Å². The van der Waals surface area contributed by atoms with Gasteiger partial charge in [-0.15, -0.1) is 0 Å². The molecule has 0 N–H and O–H groups in total. The fraction of sp³-hybridized carbons (Fsp3) is 0.462. The van der Waals surface area contributed by atoms with E-state index >= 15 is 0 Å². The maximum absolute atomic E-state index is 11.7. The summed E-state index contributed by atoms with van der Waals surface area (Å²) in [6.07, 6.45) is -2.58. The first-order chi connectivity index (χ1) is 9.94. The van der Waals surface area contributed by atoms with Crippen molar-refractivity contribution in [1.29, 1.82) is 0 Å². The van der Waals surface area contributed by atoms with Gasteiger partial charge in [0.2, 0.25) is 6.10 Å². The van der Waals surface area contributed by atoms with Crippen LogP contribution < -0.4 is 0 Å². The summed E-state index contributed by atoms with van der Waals surface area (Å²) in [4.78, 5) is 11.7. The van der Waals surface area contributed by atoms with Gasteiger partial charge in [0, 0.05) is 5.56 Å². The molecule has 0 bridgehead atoms. The lowest BCUT2D eigenvalue weighted by Gasteiger charge is -2.32. The molecule has 2 aliphatic rings. The summed E-state index contributed by atoms with van der Waals surface area (Å²) >= 11 is 0. The van der Waals surface area contributed by atoms with Gasteiger partial charge in [-0.05, 0) is 0 Å². The van der Waals surface area contributed by atoms with E-state index in [4.69, 9.17) is 18.4 Å². The number of esters is 1. The third-order valence-electron chi connectivity index (χ3n) is 3.21. The Morgan fingerprint density at radius 2 is 1.95 bits per heavy atom. The maximum atomic E-state index is 11.7. The molecule has 2 heterocycles. The minimum atomic E-state index is -3.79. The summed E-state index contributed by atoms with van der Waals surface area (Å²) in [5, 5.41) is 0. The largest absolute Gasteiger partial charge is 0.455 e. The molecule has 0 aliphatic carbocycles. The fourth-order valence-electron chi connectivity index (χ4n) is 2.33. The van der Waals surface area contributed by atoms with E-state index < -0.39 is 40.7 Å². The van der Waals surface area contributed by atoms with Crippen molar-refractivity contribution in [3.8, 4) is 0 Å². The van der Waals surface area contributed by atoms with Crippen LogP contribution in [0.2, 0.25) is 0 Å². The van der Waals surface area contributed by atoms with Crippen LogP contribution in [0.3, 0.4) is 0 Å². The number of ether oxygens (including phenoxy) is 3. The van der Waals surface area contributed by atoms with Gasteiger partial charge in [-0.2, -0.15) is 8.42 Å². The molecule has 2 saturated heterocycles. The van der Waals surface area contributed by atoms with Crippen molar-refractivity contribution in [2.24, 2.45) is 0 Å². The van der Waals surface area contributed by atoms with E-state index in [-0.39, 0.29) is 6.61 Å². The molecule has 2 aliphatic heterocycles. The molecule has 0 spiro atoms. The Bertz CT molecular complexity index is 627. The second kappa shape index (κ2) is 5.38. The van der Waals surface area contributed by atoms with Gasteiger partial charge in [0.05, 0.1) is 12.9 Å². The first kappa shape index (κ1) is 14.5. The predicted molar refractivity (Wildman–Crippen MR) is 69.6 cm³/mol. The zero-order chi connectivity index (χ0) is 15.0. The normalized spacial score (nSPS) is 32.5. The number of benzene rings is 1. The Labute approximate surface area is 121 Å². The van der Waals surface area contributed by atoms with Crippen molar-refractivity contribution in [3.63, 3.8) is 0 Å². The number of fused-ring (bicyclic) bond motifs is 1. The van der Waals surface area contributed by atoms with E-state index in [2.05, 4.69) is 0 Å². The van der Waals surface area contributed by atoms with Crippen molar-refractivity contribution >= 4 is 16.1 Å². The van der Waals surface area contributed by atoms with Crippen LogP contribution in [0.1, 0.15) is 11.9 Å². The maximum Gasteiger partial charge on any atom is 0.340 e. The molecular formula is C13H14O7S. The van der Waals surface area contributed by atoms with Crippen molar-refractivity contribution in [1.82, 2.24) is 0 Å². The van der Waals surface area contributed by atoms with Gasteiger partial charge in [-0.3, -0.25) is 4.18 Å². The highest BCUT2D eigenvalue weighted by Crippen LogP contribution is 2.34. The quantitative estimate of drug-likeness (QED) is 0.588. The minimum absolute atomic E-state index is 0.125. The Morgan fingerprint density at radius 1 is 1.24 bits per heavy atom. The number of rotatable bonds is 3. The fourth-order valence-corrected chi connectivity index (χ4v) is 2.90. The highest BCUT2D eigenvalue weighted by Gasteiger charge is 2.52. The molecule has 3 rings (SSSR count). The van der Waals surface area contributed by atoms with Crippen LogP contribution in [0.15, 0.2) is 30.3 Å². The average Bonchev–Trinajstić information content (AvgIpc) is 2.74. The van der Waals surface area contributed by atoms with Gasteiger partial charge in [-0.1, -0.05) is 30.3 Å². The van der Waals surface area contributed by atoms with Gasteiger partial charge in [0.1, 0.15) is 6.10 Å². The van der Waals surface area contributed by atoms with Crippen LogP contribution in [0.25, 0.3) is 0 Å². The molecule has 2 fully saturated rings. The summed E-state index contributed by atoms with van der Waals surface area (Å²) in [5.41, 5.74) is 0.772. The van der Waals surface area contributed by atoms with Gasteiger partial charge in [-0.25, -0.2) is 4.79 Å². The second-order valence-corrected chi connectivity index (χ2v) is 6.47. The third-order valence-corrected chi connectivity index (χ3v) is 3.76. The van der Waals surface area contributed by atoms with E-state index in [0.29, 0.717) is 0 Å². The predicted octanol–water partition coefficient (Wildman–Crippen LogP) is 0.371. The molecule has 0 radical (unpaired) electrons. The van der Waals surface area contributed by atoms with E-state index in [1.165, 1.54) is 0 Å². The average molecular weight is 314 g/mol. The summed E-state index contributed by atoms with van der Waals surface area (Å²) in [6.45, 7) is 0.125. The summed E-state index contributed by atoms with van der Waals surface area (Å²) in [6, 6.07) is 9.14. The third kappa shape index (κ3) is 3.08. The molecule has 1 aromatic carbocycles. The molecule has 21 heavy (non-hydrogen) atoms. The Balaban J connectivity index is 1.79. The van der Waals surface area contributed by atoms with E-state index in [1.54, 1.807) is 0 Å². The first-order valence-electron chi connectivity index (χ1n) is 6.35. The van der Waals surface area contributed by atoms with E-state index in [0.717, 1.165) is 11.8 Å². The van der Waals surface area contributed by atoms with Gasteiger partial charge < -0.3 is 14.2 Å². The lowest BCUT2D eigenvalue weighted by Crippen LogP contribution is -2.44. The van der Waals surface area contributed by atoms with Crippen LogP contribution in [0.5, 0.6) is 0 Å². The first-order valence-corrected chi connectivity index (χ1v) is 8.16. The van der Waals surface area contributed by atoms with Crippen molar-refractivity contribution < 1.29 is 31.6 Å². The number of hydrogen-bond acceptors (Lipinski definition) is 7. The molecule has 0 saturated carbocycles. The zero-order valence-electron chi connectivity index (χ0n) is 11.2. The highest BCUT2D eigenvalue weighted by molar-refractivity contribution is 7.86. The van der Waals surface area contributed by atoms with Crippen molar-refractivity contribution in [2.75, 3.05) is 12.9 Å². The molecular weight excluding hydrogens is 300 g/mol. The van der Waals surface area contributed by atoms with Gasteiger partial charge >= 0.3 is 5.97 Å². The Kier molecular flexibility index (Phi) is 3.70. The van der Waals surface area contributed by atoms with Crippen LogP contribution >= 0.6 is 0 Å².